The van der Waals surface area contributed by atoms with E-state index in [2.05, 4.69) is 62.5 Å². The standard InChI is InChI=1S/C17H23NS/c1-17(2,3)14-8-6-13(7-9-14)16(18)11-10-15-5-4-12-19-15/h4-9,12,16H,10-11,18H2,1-3H3. The maximum absolute atomic E-state index is 6.28. The molecule has 1 heterocycles. The van der Waals surface area contributed by atoms with E-state index in [1.165, 1.54) is 16.0 Å². The van der Waals surface area contributed by atoms with Crippen LogP contribution in [0.3, 0.4) is 0 Å². The van der Waals surface area contributed by atoms with Gasteiger partial charge in [-0.25, -0.2) is 0 Å². The molecule has 1 nitrogen and oxygen atoms in total. The Kier molecular flexibility index (Phi) is 4.43. The lowest BCUT2D eigenvalue weighted by Crippen LogP contribution is -2.13. The monoisotopic (exact) mass is 273 g/mol. The molecule has 1 aromatic carbocycles. The number of nitrogens with two attached hydrogens (primary N) is 1. The SMILES string of the molecule is CC(C)(C)c1ccc(C(N)CCc2cccs2)cc1. The van der Waals surface area contributed by atoms with Crippen molar-refractivity contribution in [3.05, 3.63) is 57.8 Å². The van der Waals surface area contributed by atoms with E-state index in [0.717, 1.165) is 12.8 Å². The van der Waals surface area contributed by atoms with Crippen molar-refractivity contribution in [1.82, 2.24) is 0 Å². The molecule has 0 saturated heterocycles. The van der Waals surface area contributed by atoms with Crippen molar-refractivity contribution >= 4 is 11.3 Å². The largest absolute Gasteiger partial charge is 0.324 e. The summed E-state index contributed by atoms with van der Waals surface area (Å²) in [6.07, 6.45) is 2.08. The summed E-state index contributed by atoms with van der Waals surface area (Å²) in [5.74, 6) is 0. The van der Waals surface area contributed by atoms with Crippen molar-refractivity contribution in [1.29, 1.82) is 0 Å². The van der Waals surface area contributed by atoms with Crippen LogP contribution < -0.4 is 5.73 Å². The molecular weight excluding hydrogens is 250 g/mol. The molecule has 0 fully saturated rings. The Morgan fingerprint density at radius 1 is 1.11 bits per heavy atom. The van der Waals surface area contributed by atoms with Crippen LogP contribution in [0.25, 0.3) is 0 Å². The second-order valence-corrected chi connectivity index (χ2v) is 7.13. The molecule has 1 unspecified atom stereocenters. The van der Waals surface area contributed by atoms with Crippen LogP contribution in [0.4, 0.5) is 0 Å². The predicted octanol–water partition coefficient (Wildman–Crippen LogP) is 4.68. The molecule has 0 aliphatic carbocycles. The summed E-state index contributed by atoms with van der Waals surface area (Å²) in [5, 5.41) is 2.12. The van der Waals surface area contributed by atoms with Gasteiger partial charge in [0.05, 0.1) is 0 Å². The zero-order valence-electron chi connectivity index (χ0n) is 12.0. The normalized spacial score (nSPS) is 13.5. The molecule has 0 spiro atoms. The first-order valence-electron chi connectivity index (χ1n) is 6.85. The first-order chi connectivity index (χ1) is 8.97. The molecule has 0 radical (unpaired) electrons. The molecule has 1 aromatic heterocycles. The van der Waals surface area contributed by atoms with Gasteiger partial charge in [0, 0.05) is 10.9 Å². The second-order valence-electron chi connectivity index (χ2n) is 6.10. The average Bonchev–Trinajstić information content (AvgIpc) is 2.88. The molecule has 1 atom stereocenters. The first kappa shape index (κ1) is 14.3. The highest BCUT2D eigenvalue weighted by molar-refractivity contribution is 7.09. The molecule has 2 N–H and O–H groups in total. The third-order valence-corrected chi connectivity index (χ3v) is 4.42. The molecule has 2 heteroatoms. The van der Waals surface area contributed by atoms with Gasteiger partial charge in [0.2, 0.25) is 0 Å². The number of hydrogen-bond donors (Lipinski definition) is 1. The molecule has 102 valence electrons. The molecule has 0 bridgehead atoms. The summed E-state index contributed by atoms with van der Waals surface area (Å²) in [5.41, 5.74) is 9.09. The van der Waals surface area contributed by atoms with Crippen LogP contribution in [0, 0.1) is 0 Å². The minimum absolute atomic E-state index is 0.135. The fourth-order valence-electron chi connectivity index (χ4n) is 2.15. The van der Waals surface area contributed by atoms with Crippen LogP contribution in [0.2, 0.25) is 0 Å². The maximum Gasteiger partial charge on any atom is 0.0298 e. The Hall–Kier alpha value is -1.12. The zero-order chi connectivity index (χ0) is 13.9. The van der Waals surface area contributed by atoms with Crippen LogP contribution in [0.1, 0.15) is 49.2 Å². The van der Waals surface area contributed by atoms with Gasteiger partial charge in [0.15, 0.2) is 0 Å². The Morgan fingerprint density at radius 2 is 1.79 bits per heavy atom. The molecule has 0 amide bonds. The van der Waals surface area contributed by atoms with Gasteiger partial charge >= 0.3 is 0 Å². The Labute approximate surface area is 120 Å². The minimum atomic E-state index is 0.135. The highest BCUT2D eigenvalue weighted by Crippen LogP contribution is 2.25. The molecule has 0 aliphatic heterocycles. The van der Waals surface area contributed by atoms with E-state index in [1.54, 1.807) is 0 Å². The zero-order valence-corrected chi connectivity index (χ0v) is 12.8. The summed E-state index contributed by atoms with van der Waals surface area (Å²) < 4.78 is 0. The van der Waals surface area contributed by atoms with Gasteiger partial charge in [-0.15, -0.1) is 11.3 Å². The fraction of sp³-hybridized carbons (Fsp3) is 0.412. The Morgan fingerprint density at radius 3 is 2.32 bits per heavy atom. The van der Waals surface area contributed by atoms with E-state index in [1.807, 2.05) is 11.3 Å². The number of thiophene rings is 1. The van der Waals surface area contributed by atoms with Gasteiger partial charge in [0.1, 0.15) is 0 Å². The lowest BCUT2D eigenvalue weighted by Gasteiger charge is -2.20. The van der Waals surface area contributed by atoms with Crippen molar-refractivity contribution < 1.29 is 0 Å². The van der Waals surface area contributed by atoms with Crippen molar-refractivity contribution in [2.45, 2.75) is 45.1 Å². The van der Waals surface area contributed by atoms with E-state index in [4.69, 9.17) is 5.73 Å². The lowest BCUT2D eigenvalue weighted by molar-refractivity contribution is 0.588. The third-order valence-electron chi connectivity index (χ3n) is 3.49. The van der Waals surface area contributed by atoms with E-state index < -0.39 is 0 Å². The molecular formula is C17H23NS. The number of aryl methyl sites for hydroxylation is 1. The van der Waals surface area contributed by atoms with E-state index >= 15 is 0 Å². The number of hydrogen-bond acceptors (Lipinski definition) is 2. The highest BCUT2D eigenvalue weighted by atomic mass is 32.1. The summed E-state index contributed by atoms with van der Waals surface area (Å²) in [7, 11) is 0. The van der Waals surface area contributed by atoms with Gasteiger partial charge in [-0.1, -0.05) is 51.1 Å². The van der Waals surface area contributed by atoms with Crippen molar-refractivity contribution in [3.8, 4) is 0 Å². The highest BCUT2D eigenvalue weighted by Gasteiger charge is 2.14. The van der Waals surface area contributed by atoms with Gasteiger partial charge < -0.3 is 5.73 Å². The smallest absolute Gasteiger partial charge is 0.0298 e. The topological polar surface area (TPSA) is 26.0 Å². The summed E-state index contributed by atoms with van der Waals surface area (Å²) in [6.45, 7) is 6.70. The average molecular weight is 273 g/mol. The van der Waals surface area contributed by atoms with Gasteiger partial charge in [0.25, 0.3) is 0 Å². The van der Waals surface area contributed by atoms with Crippen LogP contribution in [-0.2, 0) is 11.8 Å². The minimum Gasteiger partial charge on any atom is -0.324 e. The summed E-state index contributed by atoms with van der Waals surface area (Å²) in [4.78, 5) is 1.42. The molecule has 0 aliphatic rings. The maximum atomic E-state index is 6.28. The predicted molar refractivity (Wildman–Crippen MR) is 84.7 cm³/mol. The van der Waals surface area contributed by atoms with Crippen molar-refractivity contribution in [3.63, 3.8) is 0 Å². The van der Waals surface area contributed by atoms with E-state index in [0.29, 0.717) is 0 Å². The van der Waals surface area contributed by atoms with Gasteiger partial charge in [-0.2, -0.15) is 0 Å². The molecule has 19 heavy (non-hydrogen) atoms. The van der Waals surface area contributed by atoms with Gasteiger partial charge in [-0.05, 0) is 40.8 Å². The van der Waals surface area contributed by atoms with Crippen molar-refractivity contribution in [2.75, 3.05) is 0 Å². The van der Waals surface area contributed by atoms with Gasteiger partial charge in [-0.3, -0.25) is 0 Å². The summed E-state index contributed by atoms with van der Waals surface area (Å²) in [6, 6.07) is 13.2. The Bertz CT molecular complexity index is 491. The molecule has 2 rings (SSSR count). The van der Waals surface area contributed by atoms with E-state index in [9.17, 15) is 0 Å². The first-order valence-corrected chi connectivity index (χ1v) is 7.73. The quantitative estimate of drug-likeness (QED) is 0.860. The van der Waals surface area contributed by atoms with Crippen LogP contribution in [0.15, 0.2) is 41.8 Å². The lowest BCUT2D eigenvalue weighted by atomic mass is 9.86. The van der Waals surface area contributed by atoms with Crippen LogP contribution >= 0.6 is 11.3 Å². The molecule has 0 saturated carbocycles. The van der Waals surface area contributed by atoms with Crippen LogP contribution in [-0.4, -0.2) is 0 Å². The summed E-state index contributed by atoms with van der Waals surface area (Å²) >= 11 is 1.81. The van der Waals surface area contributed by atoms with Crippen molar-refractivity contribution in [2.24, 2.45) is 5.73 Å². The van der Waals surface area contributed by atoms with E-state index in [-0.39, 0.29) is 11.5 Å². The number of rotatable bonds is 4. The Balaban J connectivity index is 1.97. The second kappa shape index (κ2) is 5.89. The van der Waals surface area contributed by atoms with Crippen LogP contribution in [0.5, 0.6) is 0 Å². The molecule has 2 aromatic rings. The third kappa shape index (κ3) is 3.92. The fourth-order valence-corrected chi connectivity index (χ4v) is 2.87. The number of benzene rings is 1.